The van der Waals surface area contributed by atoms with Crippen LogP contribution in [0.15, 0.2) is 88.2 Å². The molecule has 3 rings (SSSR count). The molecule has 0 saturated heterocycles. The molecule has 0 aliphatic rings. The van der Waals surface area contributed by atoms with E-state index in [1.54, 1.807) is 50.2 Å². The number of carbonyl (C=O) groups excluding carboxylic acids is 2. The van der Waals surface area contributed by atoms with Crippen molar-refractivity contribution in [1.82, 2.24) is 10.2 Å². The van der Waals surface area contributed by atoms with Gasteiger partial charge in [-0.15, -0.1) is 0 Å². The number of hydrogen-bond acceptors (Lipinski definition) is 4. The molecule has 37 heavy (non-hydrogen) atoms. The van der Waals surface area contributed by atoms with Gasteiger partial charge in [-0.3, -0.25) is 13.9 Å². The molecule has 0 radical (unpaired) electrons. The molecule has 196 valence electrons. The van der Waals surface area contributed by atoms with Crippen molar-refractivity contribution in [1.29, 1.82) is 0 Å². The molecule has 1 atom stereocenters. The van der Waals surface area contributed by atoms with E-state index in [0.29, 0.717) is 17.8 Å². The standard InChI is InChI=1S/C28H32BrN3O4S/c1-4-17-30-28(34)22(3)31(19-23-12-10-13-24(29)18-23)27(33)20-32(26-16-9-8-11-21(26)2)37(35,36)25-14-6-5-7-15-25/h5-16,18,22H,4,17,19-20H2,1-3H3,(H,30,34). The summed E-state index contributed by atoms with van der Waals surface area (Å²) in [5, 5.41) is 2.84. The Bertz CT molecular complexity index is 1330. The summed E-state index contributed by atoms with van der Waals surface area (Å²) < 4.78 is 29.5. The van der Waals surface area contributed by atoms with Crippen LogP contribution in [0.3, 0.4) is 0 Å². The second-order valence-electron chi connectivity index (χ2n) is 8.73. The molecule has 0 aromatic heterocycles. The molecule has 0 aliphatic carbocycles. The summed E-state index contributed by atoms with van der Waals surface area (Å²) in [5.41, 5.74) is 1.93. The Hall–Kier alpha value is -3.17. The summed E-state index contributed by atoms with van der Waals surface area (Å²) in [5.74, 6) is -0.777. The van der Waals surface area contributed by atoms with Crippen LogP contribution >= 0.6 is 15.9 Å². The smallest absolute Gasteiger partial charge is 0.264 e. The minimum Gasteiger partial charge on any atom is -0.354 e. The van der Waals surface area contributed by atoms with Gasteiger partial charge in [0.2, 0.25) is 11.8 Å². The van der Waals surface area contributed by atoms with Crippen molar-refractivity contribution >= 4 is 43.5 Å². The molecule has 0 aliphatic heterocycles. The Kier molecular flexibility index (Phi) is 9.88. The highest BCUT2D eigenvalue weighted by molar-refractivity contribution is 9.10. The van der Waals surface area contributed by atoms with Crippen LogP contribution in [-0.4, -0.2) is 44.3 Å². The maximum absolute atomic E-state index is 13.9. The number of nitrogens with zero attached hydrogens (tertiary/aromatic N) is 2. The van der Waals surface area contributed by atoms with Crippen LogP contribution in [0.5, 0.6) is 0 Å². The highest BCUT2D eigenvalue weighted by Gasteiger charge is 2.32. The number of anilines is 1. The fourth-order valence-corrected chi connectivity index (χ4v) is 5.83. The van der Waals surface area contributed by atoms with Crippen LogP contribution in [-0.2, 0) is 26.2 Å². The van der Waals surface area contributed by atoms with Crippen LogP contribution in [0.2, 0.25) is 0 Å². The Morgan fingerprint density at radius 3 is 2.30 bits per heavy atom. The van der Waals surface area contributed by atoms with Gasteiger partial charge in [0.25, 0.3) is 10.0 Å². The lowest BCUT2D eigenvalue weighted by atomic mass is 10.1. The number of aryl methyl sites for hydroxylation is 1. The number of sulfonamides is 1. The second-order valence-corrected chi connectivity index (χ2v) is 11.5. The first kappa shape index (κ1) is 28.4. The van der Waals surface area contributed by atoms with Crippen molar-refractivity contribution in [3.8, 4) is 0 Å². The molecule has 1 N–H and O–H groups in total. The number of hydrogen-bond donors (Lipinski definition) is 1. The van der Waals surface area contributed by atoms with E-state index in [1.165, 1.54) is 17.0 Å². The molecule has 7 nitrogen and oxygen atoms in total. The van der Waals surface area contributed by atoms with Gasteiger partial charge < -0.3 is 10.2 Å². The van der Waals surface area contributed by atoms with Crippen molar-refractivity contribution in [3.63, 3.8) is 0 Å². The first-order valence-electron chi connectivity index (χ1n) is 12.1. The molecule has 1 unspecified atom stereocenters. The fraction of sp³-hybridized carbons (Fsp3) is 0.286. The largest absolute Gasteiger partial charge is 0.354 e. The SMILES string of the molecule is CCCNC(=O)C(C)N(Cc1cccc(Br)c1)C(=O)CN(c1ccccc1C)S(=O)(=O)c1ccccc1. The van der Waals surface area contributed by atoms with Crippen molar-refractivity contribution < 1.29 is 18.0 Å². The minimum absolute atomic E-state index is 0.0818. The van der Waals surface area contributed by atoms with E-state index in [4.69, 9.17) is 0 Å². The molecule has 9 heteroatoms. The van der Waals surface area contributed by atoms with E-state index in [-0.39, 0.29) is 17.3 Å². The van der Waals surface area contributed by atoms with Gasteiger partial charge in [-0.2, -0.15) is 0 Å². The lowest BCUT2D eigenvalue weighted by Crippen LogP contribution is -2.51. The lowest BCUT2D eigenvalue weighted by Gasteiger charge is -2.32. The number of amides is 2. The molecule has 0 bridgehead atoms. The van der Waals surface area contributed by atoms with E-state index >= 15 is 0 Å². The zero-order valence-electron chi connectivity index (χ0n) is 21.2. The summed E-state index contributed by atoms with van der Waals surface area (Å²) in [6.07, 6.45) is 0.758. The number of nitrogens with one attached hydrogen (secondary N) is 1. The predicted octanol–water partition coefficient (Wildman–Crippen LogP) is 4.90. The third-order valence-electron chi connectivity index (χ3n) is 5.95. The zero-order chi connectivity index (χ0) is 27.0. The normalized spacial score (nSPS) is 12.0. The number of rotatable bonds is 11. The second kappa shape index (κ2) is 12.9. The fourth-order valence-electron chi connectivity index (χ4n) is 3.89. The van der Waals surface area contributed by atoms with E-state index in [9.17, 15) is 18.0 Å². The Labute approximate surface area is 227 Å². The van der Waals surface area contributed by atoms with Gasteiger partial charge in [0, 0.05) is 17.6 Å². The van der Waals surface area contributed by atoms with Crippen molar-refractivity contribution in [2.24, 2.45) is 0 Å². The van der Waals surface area contributed by atoms with Crippen LogP contribution in [0.1, 0.15) is 31.4 Å². The molecule has 0 spiro atoms. The minimum atomic E-state index is -4.07. The summed E-state index contributed by atoms with van der Waals surface area (Å²) in [6, 6.07) is 21.7. The van der Waals surface area contributed by atoms with Gasteiger partial charge >= 0.3 is 0 Å². The number of para-hydroxylation sites is 1. The molecule has 3 aromatic rings. The van der Waals surface area contributed by atoms with Crippen LogP contribution in [0, 0.1) is 6.92 Å². The van der Waals surface area contributed by atoms with Gasteiger partial charge in [-0.1, -0.05) is 71.4 Å². The maximum Gasteiger partial charge on any atom is 0.264 e. The third kappa shape index (κ3) is 7.20. The molecule has 3 aromatic carbocycles. The zero-order valence-corrected chi connectivity index (χ0v) is 23.6. The van der Waals surface area contributed by atoms with E-state index in [1.807, 2.05) is 37.3 Å². The molecule has 0 heterocycles. The molecule has 0 fully saturated rings. The predicted molar refractivity (Wildman–Crippen MR) is 150 cm³/mol. The first-order chi connectivity index (χ1) is 17.6. The monoisotopic (exact) mass is 585 g/mol. The first-order valence-corrected chi connectivity index (χ1v) is 14.3. The topological polar surface area (TPSA) is 86.8 Å². The maximum atomic E-state index is 13.9. The van der Waals surface area contributed by atoms with Crippen LogP contribution in [0.4, 0.5) is 5.69 Å². The quantitative estimate of drug-likeness (QED) is 0.347. The van der Waals surface area contributed by atoms with E-state index in [0.717, 1.165) is 20.8 Å². The van der Waals surface area contributed by atoms with Crippen LogP contribution in [0.25, 0.3) is 0 Å². The van der Waals surface area contributed by atoms with Gasteiger partial charge in [-0.25, -0.2) is 8.42 Å². The van der Waals surface area contributed by atoms with Crippen molar-refractivity contribution in [2.75, 3.05) is 17.4 Å². The average molecular weight is 587 g/mol. The summed E-state index contributed by atoms with van der Waals surface area (Å²) >= 11 is 3.45. The number of benzene rings is 3. The van der Waals surface area contributed by atoms with Gasteiger partial charge in [0.15, 0.2) is 0 Å². The Morgan fingerprint density at radius 2 is 1.65 bits per heavy atom. The summed E-state index contributed by atoms with van der Waals surface area (Å²) in [6.45, 7) is 5.58. The lowest BCUT2D eigenvalue weighted by molar-refractivity contribution is -0.139. The average Bonchev–Trinajstić information content (AvgIpc) is 2.89. The van der Waals surface area contributed by atoms with Crippen molar-refractivity contribution in [3.05, 3.63) is 94.5 Å². The molecular weight excluding hydrogens is 554 g/mol. The van der Waals surface area contributed by atoms with E-state index < -0.39 is 28.5 Å². The van der Waals surface area contributed by atoms with Gasteiger partial charge in [0.1, 0.15) is 12.6 Å². The Balaban J connectivity index is 2.02. The summed E-state index contributed by atoms with van der Waals surface area (Å²) in [4.78, 5) is 28.3. The van der Waals surface area contributed by atoms with Gasteiger partial charge in [0.05, 0.1) is 10.6 Å². The summed E-state index contributed by atoms with van der Waals surface area (Å²) in [7, 11) is -4.07. The highest BCUT2D eigenvalue weighted by atomic mass is 79.9. The number of carbonyl (C=O) groups is 2. The number of halogens is 1. The molecular formula is C28H32BrN3O4S. The third-order valence-corrected chi connectivity index (χ3v) is 8.22. The Morgan fingerprint density at radius 1 is 0.973 bits per heavy atom. The highest BCUT2D eigenvalue weighted by Crippen LogP contribution is 2.27. The van der Waals surface area contributed by atoms with Crippen molar-refractivity contribution in [2.45, 2.75) is 44.7 Å². The molecule has 2 amide bonds. The van der Waals surface area contributed by atoms with E-state index in [2.05, 4.69) is 21.2 Å². The van der Waals surface area contributed by atoms with Crippen LogP contribution < -0.4 is 9.62 Å². The molecule has 0 saturated carbocycles. The van der Waals surface area contributed by atoms with Gasteiger partial charge in [-0.05, 0) is 61.7 Å².